The molecule has 7 heteroatoms. The molecule has 1 saturated carbocycles. The van der Waals surface area contributed by atoms with Gasteiger partial charge in [0, 0.05) is 13.6 Å². The van der Waals surface area contributed by atoms with Crippen LogP contribution in [0.1, 0.15) is 18.4 Å². The van der Waals surface area contributed by atoms with Crippen molar-refractivity contribution in [2.45, 2.75) is 24.7 Å². The maximum absolute atomic E-state index is 12.2. The van der Waals surface area contributed by atoms with E-state index in [4.69, 9.17) is 23.2 Å². The summed E-state index contributed by atoms with van der Waals surface area (Å²) in [5.41, 5.74) is 0.576. The van der Waals surface area contributed by atoms with Crippen molar-refractivity contribution >= 4 is 33.2 Å². The molecule has 2 rings (SSSR count). The first-order chi connectivity index (χ1) is 9.29. The number of benzene rings is 1. The summed E-state index contributed by atoms with van der Waals surface area (Å²) in [5.74, 6) is 0.0928. The molecule has 1 aliphatic carbocycles. The minimum Gasteiger partial charge on any atom is -0.391 e. The van der Waals surface area contributed by atoms with E-state index in [2.05, 4.69) is 0 Å². The monoisotopic (exact) mass is 337 g/mol. The Hall–Kier alpha value is -0.330. The predicted molar refractivity (Wildman–Crippen MR) is 80.4 cm³/mol. The van der Waals surface area contributed by atoms with Crippen LogP contribution >= 0.6 is 23.2 Å². The third-order valence-electron chi connectivity index (χ3n) is 3.42. The highest BCUT2D eigenvalue weighted by Crippen LogP contribution is 2.33. The molecule has 20 heavy (non-hydrogen) atoms. The molecule has 1 N–H and O–H groups in total. The molecule has 0 heterocycles. The van der Waals surface area contributed by atoms with Crippen molar-refractivity contribution < 1.29 is 13.5 Å². The third-order valence-corrected chi connectivity index (χ3v) is 5.95. The van der Waals surface area contributed by atoms with Gasteiger partial charge in [-0.25, -0.2) is 12.7 Å². The van der Waals surface area contributed by atoms with Gasteiger partial charge in [0.25, 0.3) is 0 Å². The normalized spacial score (nSPS) is 17.4. The number of sulfonamides is 1. The molecule has 1 atom stereocenters. The van der Waals surface area contributed by atoms with E-state index < -0.39 is 16.1 Å². The quantitative estimate of drug-likeness (QED) is 0.867. The van der Waals surface area contributed by atoms with E-state index in [1.54, 1.807) is 18.2 Å². The lowest BCUT2D eigenvalue weighted by molar-refractivity contribution is 0.131. The van der Waals surface area contributed by atoms with E-state index in [0.29, 0.717) is 15.6 Å². The van der Waals surface area contributed by atoms with E-state index in [1.807, 2.05) is 0 Å². The average molecular weight is 338 g/mol. The lowest BCUT2D eigenvalue weighted by Gasteiger charge is -2.20. The molecule has 0 amide bonds. The van der Waals surface area contributed by atoms with Crippen LogP contribution in [0.25, 0.3) is 0 Å². The van der Waals surface area contributed by atoms with Gasteiger partial charge in [-0.1, -0.05) is 29.3 Å². The Morgan fingerprint density at radius 1 is 1.35 bits per heavy atom. The maximum Gasteiger partial charge on any atom is 0.218 e. The number of nitrogens with zero attached hydrogens (tertiary/aromatic N) is 1. The summed E-state index contributed by atoms with van der Waals surface area (Å²) in [6.07, 6.45) is 1.37. The van der Waals surface area contributed by atoms with Gasteiger partial charge in [0.2, 0.25) is 10.0 Å². The highest BCUT2D eigenvalue weighted by molar-refractivity contribution is 7.88. The van der Waals surface area contributed by atoms with Gasteiger partial charge in [-0.2, -0.15) is 0 Å². The predicted octanol–water partition coefficient (Wildman–Crippen LogP) is 2.53. The summed E-state index contributed by atoms with van der Waals surface area (Å²) < 4.78 is 25.6. The Morgan fingerprint density at radius 3 is 2.55 bits per heavy atom. The first-order valence-corrected chi connectivity index (χ1v) is 8.72. The van der Waals surface area contributed by atoms with Crippen molar-refractivity contribution in [3.8, 4) is 0 Å². The highest BCUT2D eigenvalue weighted by atomic mass is 35.5. The van der Waals surface area contributed by atoms with Crippen LogP contribution in [0, 0.1) is 5.92 Å². The number of halogens is 2. The van der Waals surface area contributed by atoms with E-state index in [-0.39, 0.29) is 18.2 Å². The minimum absolute atomic E-state index is 0.133. The second-order valence-electron chi connectivity index (χ2n) is 5.19. The van der Waals surface area contributed by atoms with Crippen LogP contribution < -0.4 is 0 Å². The van der Waals surface area contributed by atoms with Crippen LogP contribution in [-0.2, 0) is 15.8 Å². The van der Waals surface area contributed by atoms with Gasteiger partial charge < -0.3 is 5.11 Å². The van der Waals surface area contributed by atoms with Crippen molar-refractivity contribution in [2.75, 3.05) is 13.6 Å². The molecular formula is C13H17Cl2NO3S. The van der Waals surface area contributed by atoms with Crippen molar-refractivity contribution in [3.63, 3.8) is 0 Å². The largest absolute Gasteiger partial charge is 0.391 e. The molecule has 0 radical (unpaired) electrons. The lowest BCUT2D eigenvalue weighted by Crippen LogP contribution is -2.35. The van der Waals surface area contributed by atoms with Crippen LogP contribution in [0.15, 0.2) is 18.2 Å². The summed E-state index contributed by atoms with van der Waals surface area (Å²) in [6.45, 7) is 0.133. The van der Waals surface area contributed by atoms with E-state index in [9.17, 15) is 13.5 Å². The Balaban J connectivity index is 2.03. The zero-order valence-corrected chi connectivity index (χ0v) is 13.4. The van der Waals surface area contributed by atoms with Crippen LogP contribution in [0.4, 0.5) is 0 Å². The summed E-state index contributed by atoms with van der Waals surface area (Å²) in [6, 6.07) is 4.76. The Bertz CT molecular complexity index is 587. The summed E-state index contributed by atoms with van der Waals surface area (Å²) in [5, 5.41) is 10.6. The smallest absolute Gasteiger partial charge is 0.218 e. The Morgan fingerprint density at radius 2 is 2.00 bits per heavy atom. The summed E-state index contributed by atoms with van der Waals surface area (Å²) in [7, 11) is -1.99. The van der Waals surface area contributed by atoms with Crippen LogP contribution in [0.5, 0.6) is 0 Å². The van der Waals surface area contributed by atoms with Crippen molar-refractivity contribution in [1.82, 2.24) is 4.31 Å². The first-order valence-electron chi connectivity index (χ1n) is 6.35. The van der Waals surface area contributed by atoms with Crippen molar-refractivity contribution in [1.29, 1.82) is 0 Å². The SMILES string of the molecule is CN(CC(O)C1CC1)S(=O)(=O)Cc1ccc(Cl)c(Cl)c1. The molecule has 1 aromatic rings. The molecule has 1 aliphatic rings. The van der Waals surface area contributed by atoms with Crippen LogP contribution in [0.3, 0.4) is 0 Å². The van der Waals surface area contributed by atoms with Gasteiger partial charge in [0.05, 0.1) is 21.9 Å². The summed E-state index contributed by atoms with van der Waals surface area (Å²) in [4.78, 5) is 0. The maximum atomic E-state index is 12.2. The fourth-order valence-corrected chi connectivity index (χ4v) is 3.48. The second-order valence-corrected chi connectivity index (χ2v) is 8.08. The third kappa shape index (κ3) is 4.09. The molecule has 1 unspecified atom stereocenters. The lowest BCUT2D eigenvalue weighted by atomic mass is 10.2. The van der Waals surface area contributed by atoms with E-state index in [1.165, 1.54) is 11.4 Å². The van der Waals surface area contributed by atoms with Crippen molar-refractivity contribution in [2.24, 2.45) is 5.92 Å². The molecule has 4 nitrogen and oxygen atoms in total. The van der Waals surface area contributed by atoms with Gasteiger partial charge >= 0.3 is 0 Å². The van der Waals surface area contributed by atoms with Gasteiger partial charge in [-0.05, 0) is 36.5 Å². The second kappa shape index (κ2) is 6.20. The van der Waals surface area contributed by atoms with Crippen LogP contribution in [0.2, 0.25) is 10.0 Å². The molecule has 1 fully saturated rings. The van der Waals surface area contributed by atoms with Gasteiger partial charge in [0.15, 0.2) is 0 Å². The Labute approximate surface area is 129 Å². The Kier molecular flexibility index (Phi) is 4.97. The van der Waals surface area contributed by atoms with Crippen molar-refractivity contribution in [3.05, 3.63) is 33.8 Å². The number of aliphatic hydroxyl groups excluding tert-OH is 1. The topological polar surface area (TPSA) is 57.6 Å². The molecule has 0 aliphatic heterocycles. The average Bonchev–Trinajstić information content (AvgIpc) is 3.17. The number of rotatable bonds is 6. The molecule has 112 valence electrons. The summed E-state index contributed by atoms with van der Waals surface area (Å²) >= 11 is 11.7. The molecule has 0 saturated heterocycles. The molecule has 0 aromatic heterocycles. The fraction of sp³-hybridized carbons (Fsp3) is 0.538. The number of likely N-dealkylation sites (N-methyl/N-ethyl adjacent to an activating group) is 1. The molecule has 1 aromatic carbocycles. The minimum atomic E-state index is -3.47. The standard InChI is InChI=1S/C13H17Cl2NO3S/c1-16(7-13(17)10-3-4-10)20(18,19)8-9-2-5-11(14)12(15)6-9/h2,5-6,10,13,17H,3-4,7-8H2,1H3. The molecule has 0 spiro atoms. The number of hydrogen-bond acceptors (Lipinski definition) is 3. The highest BCUT2D eigenvalue weighted by Gasteiger charge is 2.32. The number of hydrogen-bond donors (Lipinski definition) is 1. The molecular weight excluding hydrogens is 321 g/mol. The van der Waals surface area contributed by atoms with E-state index >= 15 is 0 Å². The fourth-order valence-electron chi connectivity index (χ4n) is 1.96. The molecule has 0 bridgehead atoms. The first kappa shape index (κ1) is 16.0. The van der Waals surface area contributed by atoms with E-state index in [0.717, 1.165) is 12.8 Å². The van der Waals surface area contributed by atoms with Gasteiger partial charge in [0.1, 0.15) is 0 Å². The number of aliphatic hydroxyl groups is 1. The van der Waals surface area contributed by atoms with Gasteiger partial charge in [-0.15, -0.1) is 0 Å². The zero-order chi connectivity index (χ0) is 14.9. The van der Waals surface area contributed by atoms with Crippen LogP contribution in [-0.4, -0.2) is 37.5 Å². The van der Waals surface area contributed by atoms with Gasteiger partial charge in [-0.3, -0.25) is 0 Å². The zero-order valence-electron chi connectivity index (χ0n) is 11.1.